The molecule has 1 saturated carbocycles. The molecule has 2 N–H and O–H groups in total. The number of halogens is 1. The highest BCUT2D eigenvalue weighted by Gasteiger charge is 2.35. The van der Waals surface area contributed by atoms with E-state index in [-0.39, 0.29) is 29.7 Å². The fourth-order valence-corrected chi connectivity index (χ4v) is 4.43. The van der Waals surface area contributed by atoms with E-state index in [0.717, 1.165) is 12.8 Å². The van der Waals surface area contributed by atoms with Gasteiger partial charge in [0.05, 0.1) is 6.04 Å². The average molecular weight is 372 g/mol. The van der Waals surface area contributed by atoms with Crippen LogP contribution in [0.25, 0.3) is 0 Å². The van der Waals surface area contributed by atoms with Crippen LogP contribution in [-0.2, 0) is 4.79 Å². The van der Waals surface area contributed by atoms with E-state index in [1.165, 1.54) is 18.9 Å². The maximum atomic E-state index is 14.7. The number of rotatable bonds is 5. The lowest BCUT2D eigenvalue weighted by atomic mass is 9.93. The fourth-order valence-electron chi connectivity index (χ4n) is 4.43. The van der Waals surface area contributed by atoms with Crippen molar-refractivity contribution in [1.82, 2.24) is 25.1 Å². The van der Waals surface area contributed by atoms with E-state index in [9.17, 15) is 9.18 Å². The zero-order chi connectivity index (χ0) is 18.8. The van der Waals surface area contributed by atoms with Gasteiger partial charge in [0, 0.05) is 11.5 Å². The smallest absolute Gasteiger partial charge is 0.220 e. The first-order valence-electron chi connectivity index (χ1n) is 9.70. The Morgan fingerprint density at radius 3 is 2.52 bits per heavy atom. The van der Waals surface area contributed by atoms with Gasteiger partial charge in [-0.05, 0) is 55.3 Å². The average Bonchev–Trinajstić information content (AvgIpc) is 3.35. The van der Waals surface area contributed by atoms with Crippen molar-refractivity contribution in [3.05, 3.63) is 41.5 Å². The van der Waals surface area contributed by atoms with Gasteiger partial charge in [-0.1, -0.05) is 31.0 Å². The van der Waals surface area contributed by atoms with Crippen molar-refractivity contribution in [2.75, 3.05) is 13.1 Å². The number of primary amides is 1. The van der Waals surface area contributed by atoms with Gasteiger partial charge in [-0.2, -0.15) is 0 Å². The summed E-state index contributed by atoms with van der Waals surface area (Å²) in [6.07, 6.45) is 5.77. The molecular formula is C19H25FN6O. The Hall–Kier alpha value is -2.35. The van der Waals surface area contributed by atoms with Crippen molar-refractivity contribution in [2.24, 2.45) is 11.7 Å². The van der Waals surface area contributed by atoms with Crippen molar-refractivity contribution in [1.29, 1.82) is 0 Å². The van der Waals surface area contributed by atoms with E-state index in [1.807, 2.05) is 10.7 Å². The van der Waals surface area contributed by atoms with Crippen molar-refractivity contribution in [2.45, 2.75) is 50.6 Å². The highest BCUT2D eigenvalue weighted by Crippen LogP contribution is 2.36. The number of carbonyl (C=O) groups is 1. The molecule has 2 fully saturated rings. The number of aromatic nitrogens is 4. The van der Waals surface area contributed by atoms with Crippen LogP contribution in [0.3, 0.4) is 0 Å². The molecule has 1 aliphatic heterocycles. The molecule has 7 nitrogen and oxygen atoms in total. The highest BCUT2D eigenvalue weighted by molar-refractivity contribution is 5.76. The maximum Gasteiger partial charge on any atom is 0.220 e. The van der Waals surface area contributed by atoms with Crippen LogP contribution in [0.5, 0.6) is 0 Å². The second-order valence-corrected chi connectivity index (χ2v) is 7.56. The number of tetrazole rings is 1. The zero-order valence-corrected chi connectivity index (χ0v) is 15.3. The lowest BCUT2D eigenvalue weighted by Gasteiger charge is -2.36. The van der Waals surface area contributed by atoms with E-state index in [1.54, 1.807) is 12.1 Å². The highest BCUT2D eigenvalue weighted by atomic mass is 19.1. The first-order valence-corrected chi connectivity index (χ1v) is 9.70. The summed E-state index contributed by atoms with van der Waals surface area (Å²) in [5.41, 5.74) is 6.04. The van der Waals surface area contributed by atoms with Crippen molar-refractivity contribution < 1.29 is 9.18 Å². The Balaban J connectivity index is 1.69. The number of benzene rings is 1. The molecule has 8 heteroatoms. The molecule has 0 radical (unpaired) electrons. The molecule has 0 bridgehead atoms. The minimum Gasteiger partial charge on any atom is -0.369 e. The van der Waals surface area contributed by atoms with Crippen LogP contribution < -0.4 is 5.73 Å². The summed E-state index contributed by atoms with van der Waals surface area (Å²) in [5.74, 6) is 0.0475. The third-order valence-electron chi connectivity index (χ3n) is 5.93. The Kier molecular flexibility index (Phi) is 5.15. The molecule has 2 heterocycles. The molecule has 27 heavy (non-hydrogen) atoms. The lowest BCUT2D eigenvalue weighted by molar-refractivity contribution is -0.123. The molecule has 1 aliphatic carbocycles. The number of carbonyl (C=O) groups excluding carboxylic acids is 1. The molecular weight excluding hydrogens is 347 g/mol. The summed E-state index contributed by atoms with van der Waals surface area (Å²) >= 11 is 0. The molecule has 144 valence electrons. The Labute approximate surface area is 157 Å². The van der Waals surface area contributed by atoms with Gasteiger partial charge in [0.25, 0.3) is 0 Å². The first-order chi connectivity index (χ1) is 13.1. The molecule has 1 aromatic heterocycles. The quantitative estimate of drug-likeness (QED) is 0.869. The van der Waals surface area contributed by atoms with E-state index >= 15 is 0 Å². The van der Waals surface area contributed by atoms with Gasteiger partial charge in [0.15, 0.2) is 5.82 Å². The minimum absolute atomic E-state index is 0.117. The van der Waals surface area contributed by atoms with Gasteiger partial charge < -0.3 is 5.73 Å². The van der Waals surface area contributed by atoms with Gasteiger partial charge in [-0.3, -0.25) is 9.69 Å². The number of nitrogens with zero attached hydrogens (tertiary/aromatic N) is 5. The van der Waals surface area contributed by atoms with Crippen LogP contribution in [0.15, 0.2) is 24.3 Å². The molecule has 1 atom stereocenters. The van der Waals surface area contributed by atoms with Crippen molar-refractivity contribution in [3.63, 3.8) is 0 Å². The normalized spacial score (nSPS) is 20.8. The standard InChI is InChI=1S/C19H25FN6O/c20-16-8-4-3-7-15(16)17(25-11-9-13(10-12-25)18(21)27)19-22-23-24-26(19)14-5-1-2-6-14/h3-4,7-8,13-14,17H,1-2,5-6,9-12H2,(H2,21,27)/t17-/m1/s1. The number of hydrogen-bond acceptors (Lipinski definition) is 5. The number of nitrogens with two attached hydrogens (primary N) is 1. The second kappa shape index (κ2) is 7.72. The summed E-state index contributed by atoms with van der Waals surface area (Å²) < 4.78 is 16.6. The van der Waals surface area contributed by atoms with Gasteiger partial charge in [-0.25, -0.2) is 9.07 Å². The number of piperidine rings is 1. The maximum absolute atomic E-state index is 14.7. The van der Waals surface area contributed by atoms with E-state index < -0.39 is 0 Å². The van der Waals surface area contributed by atoms with E-state index in [4.69, 9.17) is 5.73 Å². The van der Waals surface area contributed by atoms with Crippen LogP contribution in [0, 0.1) is 11.7 Å². The monoisotopic (exact) mass is 372 g/mol. The van der Waals surface area contributed by atoms with Gasteiger partial charge in [0.2, 0.25) is 5.91 Å². The van der Waals surface area contributed by atoms with Crippen molar-refractivity contribution >= 4 is 5.91 Å². The summed E-state index contributed by atoms with van der Waals surface area (Å²) in [6.45, 7) is 1.31. The number of likely N-dealkylation sites (tertiary alicyclic amines) is 1. The van der Waals surface area contributed by atoms with Crippen molar-refractivity contribution in [3.8, 4) is 0 Å². The van der Waals surface area contributed by atoms with Gasteiger partial charge >= 0.3 is 0 Å². The molecule has 2 aliphatic rings. The third kappa shape index (κ3) is 3.58. The molecule has 1 saturated heterocycles. The molecule has 2 aromatic rings. The van der Waals surface area contributed by atoms with Gasteiger partial charge in [-0.15, -0.1) is 5.10 Å². The summed E-state index contributed by atoms with van der Waals surface area (Å²) in [5, 5.41) is 12.5. The Morgan fingerprint density at radius 2 is 1.85 bits per heavy atom. The predicted molar refractivity (Wildman–Crippen MR) is 97.1 cm³/mol. The largest absolute Gasteiger partial charge is 0.369 e. The molecule has 1 amide bonds. The summed E-state index contributed by atoms with van der Waals surface area (Å²) in [7, 11) is 0. The number of hydrogen-bond donors (Lipinski definition) is 1. The molecule has 0 spiro atoms. The third-order valence-corrected chi connectivity index (χ3v) is 5.93. The molecule has 0 unspecified atom stereocenters. The summed E-state index contributed by atoms with van der Waals surface area (Å²) in [4.78, 5) is 13.7. The summed E-state index contributed by atoms with van der Waals surface area (Å²) in [6, 6.07) is 6.71. The van der Waals surface area contributed by atoms with E-state index in [2.05, 4.69) is 20.4 Å². The SMILES string of the molecule is NC(=O)C1CCN([C@H](c2ccccc2F)c2nnnn2C2CCCC2)CC1. The van der Waals surface area contributed by atoms with Gasteiger partial charge in [0.1, 0.15) is 11.9 Å². The first kappa shape index (κ1) is 18.0. The molecule has 1 aromatic carbocycles. The Morgan fingerprint density at radius 1 is 1.15 bits per heavy atom. The minimum atomic E-state index is -0.365. The number of amides is 1. The molecule has 4 rings (SSSR count). The lowest BCUT2D eigenvalue weighted by Crippen LogP contribution is -2.42. The predicted octanol–water partition coefficient (Wildman–Crippen LogP) is 2.21. The Bertz CT molecular complexity index is 795. The van der Waals surface area contributed by atoms with Crippen LogP contribution in [-0.4, -0.2) is 44.1 Å². The van der Waals surface area contributed by atoms with Crippen LogP contribution >= 0.6 is 0 Å². The second-order valence-electron chi connectivity index (χ2n) is 7.56. The fraction of sp³-hybridized carbons (Fsp3) is 0.579. The van der Waals surface area contributed by atoms with Crippen LogP contribution in [0.2, 0.25) is 0 Å². The van der Waals surface area contributed by atoms with Crippen LogP contribution in [0.1, 0.15) is 62.0 Å². The zero-order valence-electron chi connectivity index (χ0n) is 15.3. The topological polar surface area (TPSA) is 89.9 Å². The van der Waals surface area contributed by atoms with Crippen LogP contribution in [0.4, 0.5) is 4.39 Å². The van der Waals surface area contributed by atoms with E-state index in [0.29, 0.717) is 37.3 Å².